The first kappa shape index (κ1) is 10.8. The molecule has 0 saturated heterocycles. The summed E-state index contributed by atoms with van der Waals surface area (Å²) in [7, 11) is 0. The molecule has 3 rings (SSSR count). The quantitative estimate of drug-likeness (QED) is 0.790. The lowest BCUT2D eigenvalue weighted by Crippen LogP contribution is -1.95. The Morgan fingerprint density at radius 2 is 2.06 bits per heavy atom. The minimum absolute atomic E-state index is 0.176. The summed E-state index contributed by atoms with van der Waals surface area (Å²) in [5, 5.41) is 10.2. The molecule has 0 aliphatic heterocycles. The van der Waals surface area contributed by atoms with E-state index in [0.717, 1.165) is 12.3 Å². The van der Waals surface area contributed by atoms with Crippen LogP contribution in [0.4, 0.5) is 0 Å². The van der Waals surface area contributed by atoms with Crippen LogP contribution >= 0.6 is 11.3 Å². The Labute approximate surface area is 102 Å². The molecule has 1 saturated carbocycles. The topological polar surface area (TPSA) is 20.2 Å². The monoisotopic (exact) mass is 236 g/mol. The minimum atomic E-state index is -0.176. The van der Waals surface area contributed by atoms with Gasteiger partial charge < -0.3 is 5.11 Å². The largest absolute Gasteiger partial charge is 0.388 e. The second kappa shape index (κ2) is 4.50. The van der Waals surface area contributed by atoms with Gasteiger partial charge in [-0.25, -0.2) is 0 Å². The smallest absolute Gasteiger partial charge is 0.0884 e. The van der Waals surface area contributed by atoms with E-state index in [1.807, 2.05) is 11.3 Å². The Balaban J connectivity index is 1.74. The Kier molecular flexibility index (Phi) is 3.03. The summed E-state index contributed by atoms with van der Waals surface area (Å²) in [6.45, 7) is 0. The molecule has 0 spiro atoms. The van der Waals surface area contributed by atoms with Crippen LogP contribution in [0.1, 0.15) is 59.9 Å². The lowest BCUT2D eigenvalue weighted by Gasteiger charge is -2.06. The van der Waals surface area contributed by atoms with Crippen LogP contribution in [0.2, 0.25) is 0 Å². The van der Waals surface area contributed by atoms with Crippen LogP contribution in [0, 0.1) is 5.92 Å². The van der Waals surface area contributed by atoms with E-state index in [4.69, 9.17) is 0 Å². The van der Waals surface area contributed by atoms with E-state index in [2.05, 4.69) is 6.07 Å². The average Bonchev–Trinajstić information content (AvgIpc) is 3.03. The number of hydrogen-bond acceptors (Lipinski definition) is 2. The first-order valence-electron chi connectivity index (χ1n) is 6.62. The zero-order valence-corrected chi connectivity index (χ0v) is 10.6. The number of fused-ring (bicyclic) bond motifs is 1. The molecule has 1 aromatic heterocycles. The van der Waals surface area contributed by atoms with Gasteiger partial charge in [-0.1, -0.05) is 19.3 Å². The van der Waals surface area contributed by atoms with Crippen molar-refractivity contribution in [1.29, 1.82) is 0 Å². The summed E-state index contributed by atoms with van der Waals surface area (Å²) in [6, 6.07) is 2.29. The van der Waals surface area contributed by atoms with Gasteiger partial charge in [0.15, 0.2) is 0 Å². The van der Waals surface area contributed by atoms with E-state index in [-0.39, 0.29) is 6.10 Å². The molecule has 2 aliphatic rings. The van der Waals surface area contributed by atoms with Crippen LogP contribution in [-0.2, 0) is 12.8 Å². The van der Waals surface area contributed by atoms with E-state index in [0.29, 0.717) is 0 Å². The van der Waals surface area contributed by atoms with Gasteiger partial charge in [0.05, 0.1) is 6.10 Å². The molecule has 1 nitrogen and oxygen atoms in total. The minimum Gasteiger partial charge on any atom is -0.388 e. The molecule has 2 heteroatoms. The fourth-order valence-corrected chi connectivity index (χ4v) is 3.90. The second-order valence-corrected chi connectivity index (χ2v) is 6.52. The maximum Gasteiger partial charge on any atom is 0.0884 e. The van der Waals surface area contributed by atoms with Gasteiger partial charge in [-0.15, -0.1) is 11.3 Å². The fraction of sp³-hybridized carbons (Fsp3) is 0.714. The van der Waals surface area contributed by atoms with E-state index < -0.39 is 0 Å². The third-order valence-electron chi connectivity index (χ3n) is 3.85. The number of rotatable bonds is 3. The predicted octanol–water partition coefficient (Wildman–Crippen LogP) is 3.85. The fourth-order valence-electron chi connectivity index (χ4n) is 2.64. The molecular weight excluding hydrogens is 216 g/mol. The van der Waals surface area contributed by atoms with Crippen molar-refractivity contribution in [3.8, 4) is 0 Å². The third-order valence-corrected chi connectivity index (χ3v) is 5.19. The van der Waals surface area contributed by atoms with Gasteiger partial charge >= 0.3 is 0 Å². The molecule has 1 fully saturated rings. The summed E-state index contributed by atoms with van der Waals surface area (Å²) >= 11 is 1.88. The first-order valence-corrected chi connectivity index (χ1v) is 7.44. The molecule has 0 amide bonds. The van der Waals surface area contributed by atoms with Crippen molar-refractivity contribution in [1.82, 2.24) is 0 Å². The van der Waals surface area contributed by atoms with Crippen molar-refractivity contribution in [3.05, 3.63) is 21.4 Å². The van der Waals surface area contributed by atoms with Crippen molar-refractivity contribution >= 4 is 11.3 Å². The van der Waals surface area contributed by atoms with Gasteiger partial charge in [0.2, 0.25) is 0 Å². The van der Waals surface area contributed by atoms with Crippen molar-refractivity contribution in [2.45, 2.75) is 57.5 Å². The van der Waals surface area contributed by atoms with E-state index >= 15 is 0 Å². The maximum absolute atomic E-state index is 10.2. The Morgan fingerprint density at radius 3 is 2.88 bits per heavy atom. The Bertz CT molecular complexity index is 341. The first-order chi connectivity index (χ1) is 7.83. The molecular formula is C14H20OS. The molecule has 1 atom stereocenters. The van der Waals surface area contributed by atoms with Crippen LogP contribution in [0.3, 0.4) is 0 Å². The Morgan fingerprint density at radius 1 is 1.25 bits per heavy atom. The maximum atomic E-state index is 10.2. The van der Waals surface area contributed by atoms with Crippen molar-refractivity contribution < 1.29 is 5.11 Å². The number of aliphatic hydroxyl groups excluding tert-OH is 1. The molecule has 2 aliphatic carbocycles. The zero-order chi connectivity index (χ0) is 11.0. The van der Waals surface area contributed by atoms with Crippen molar-refractivity contribution in [2.24, 2.45) is 5.92 Å². The van der Waals surface area contributed by atoms with Crippen molar-refractivity contribution in [2.75, 3.05) is 0 Å². The number of thiophene rings is 1. The highest BCUT2D eigenvalue weighted by atomic mass is 32.1. The SMILES string of the molecule is OC(CC1CC1)c1cc2c(s1)CCCCC2. The van der Waals surface area contributed by atoms with Crippen molar-refractivity contribution in [3.63, 3.8) is 0 Å². The lowest BCUT2D eigenvalue weighted by molar-refractivity contribution is 0.164. The molecule has 0 radical (unpaired) electrons. The van der Waals surface area contributed by atoms with Crippen LogP contribution in [0.15, 0.2) is 6.07 Å². The Hall–Kier alpha value is -0.340. The highest BCUT2D eigenvalue weighted by Crippen LogP contribution is 2.40. The summed E-state index contributed by atoms with van der Waals surface area (Å²) in [6.07, 6.45) is 10.0. The van der Waals surface area contributed by atoms with Gasteiger partial charge in [0, 0.05) is 9.75 Å². The number of aliphatic hydroxyl groups is 1. The highest BCUT2D eigenvalue weighted by Gasteiger charge is 2.26. The number of aryl methyl sites for hydroxylation is 2. The third kappa shape index (κ3) is 2.33. The number of hydrogen-bond donors (Lipinski definition) is 1. The van der Waals surface area contributed by atoms with Gasteiger partial charge in [-0.2, -0.15) is 0 Å². The van der Waals surface area contributed by atoms with E-state index in [1.54, 1.807) is 4.88 Å². The van der Waals surface area contributed by atoms with Gasteiger partial charge in [0.25, 0.3) is 0 Å². The summed E-state index contributed by atoms with van der Waals surface area (Å²) < 4.78 is 0. The summed E-state index contributed by atoms with van der Waals surface area (Å²) in [5.41, 5.74) is 1.53. The zero-order valence-electron chi connectivity index (χ0n) is 9.74. The molecule has 1 heterocycles. The molecule has 88 valence electrons. The lowest BCUT2D eigenvalue weighted by atomic mass is 10.1. The second-order valence-electron chi connectivity index (χ2n) is 5.35. The predicted molar refractivity (Wildman–Crippen MR) is 67.9 cm³/mol. The molecule has 1 N–H and O–H groups in total. The molecule has 1 aromatic rings. The standard InChI is InChI=1S/C14H20OS/c15-12(8-10-6-7-10)14-9-11-4-2-1-3-5-13(11)16-14/h9-10,12,15H,1-8H2. The van der Waals surface area contributed by atoms with Gasteiger partial charge in [-0.3, -0.25) is 0 Å². The van der Waals surface area contributed by atoms with Crippen LogP contribution in [0.5, 0.6) is 0 Å². The molecule has 0 aromatic carbocycles. The summed E-state index contributed by atoms with van der Waals surface area (Å²) in [5.74, 6) is 0.817. The average molecular weight is 236 g/mol. The molecule has 1 unspecified atom stereocenters. The normalized spacial score (nSPS) is 22.6. The van der Waals surface area contributed by atoms with E-state index in [9.17, 15) is 5.11 Å². The molecule has 16 heavy (non-hydrogen) atoms. The van der Waals surface area contributed by atoms with E-state index in [1.165, 1.54) is 55.4 Å². The molecule has 0 bridgehead atoms. The van der Waals surface area contributed by atoms with Crippen LogP contribution in [0.25, 0.3) is 0 Å². The van der Waals surface area contributed by atoms with Gasteiger partial charge in [0.1, 0.15) is 0 Å². The highest BCUT2D eigenvalue weighted by molar-refractivity contribution is 7.12. The van der Waals surface area contributed by atoms with Gasteiger partial charge in [-0.05, 0) is 49.7 Å². The van der Waals surface area contributed by atoms with Crippen LogP contribution < -0.4 is 0 Å². The van der Waals surface area contributed by atoms with Crippen LogP contribution in [-0.4, -0.2) is 5.11 Å². The summed E-state index contributed by atoms with van der Waals surface area (Å²) in [4.78, 5) is 2.79.